The lowest BCUT2D eigenvalue weighted by molar-refractivity contribution is 0.249. The summed E-state index contributed by atoms with van der Waals surface area (Å²) in [4.78, 5) is 15.1. The number of benzene rings is 2. The highest BCUT2D eigenvalue weighted by Crippen LogP contribution is 2.57. The van der Waals surface area contributed by atoms with E-state index >= 15 is 0 Å². The molecule has 0 N–H and O–H groups in total. The predicted octanol–water partition coefficient (Wildman–Crippen LogP) is 8.76. The Labute approximate surface area is 213 Å². The van der Waals surface area contributed by atoms with Gasteiger partial charge in [0.2, 0.25) is 0 Å². The molecule has 0 aliphatic carbocycles. The Hall–Kier alpha value is -2.88. The summed E-state index contributed by atoms with van der Waals surface area (Å²) in [7, 11) is 0. The second-order valence-corrected chi connectivity index (χ2v) is 10.2. The molecule has 188 valence electrons. The van der Waals surface area contributed by atoms with Crippen LogP contribution in [0.5, 0.6) is 0 Å². The van der Waals surface area contributed by atoms with Crippen molar-refractivity contribution in [2.75, 3.05) is 9.80 Å². The Bertz CT molecular complexity index is 1120. The van der Waals surface area contributed by atoms with E-state index in [1.807, 2.05) is 33.9 Å². The van der Waals surface area contributed by atoms with Crippen LogP contribution in [0.4, 0.5) is 23.0 Å². The van der Waals surface area contributed by atoms with Crippen LogP contribution in [0.15, 0.2) is 60.8 Å². The molecular formula is C31H44N4. The van der Waals surface area contributed by atoms with Crippen LogP contribution in [0.1, 0.15) is 86.9 Å². The van der Waals surface area contributed by atoms with Crippen LogP contribution in [-0.2, 0) is 10.8 Å². The maximum Gasteiger partial charge on any atom is 0.178 e. The van der Waals surface area contributed by atoms with Crippen molar-refractivity contribution in [3.8, 4) is 0 Å². The standard InChI is InChI=1S/C27H32N4.2C2H6/c1-7-27(6)18(2)25-30(19-13-9-8-10-14-19)24-23(28-17-22(29-24)26(3,4)5)31(25)21-16-12-11-15-20(21)27;2*1-2/h8-18,25H,7H2,1-6H3;2*1-2H3. The molecule has 2 aliphatic rings. The molecule has 0 fully saturated rings. The number of para-hydroxylation sites is 2. The van der Waals surface area contributed by atoms with Crippen molar-refractivity contribution in [3.63, 3.8) is 0 Å². The highest BCUT2D eigenvalue weighted by molar-refractivity contribution is 5.86. The van der Waals surface area contributed by atoms with Gasteiger partial charge in [0.05, 0.1) is 11.9 Å². The molecule has 0 spiro atoms. The van der Waals surface area contributed by atoms with Crippen molar-refractivity contribution < 1.29 is 0 Å². The van der Waals surface area contributed by atoms with Crippen molar-refractivity contribution in [2.45, 2.75) is 92.7 Å². The Balaban J connectivity index is 0.000000815. The molecule has 0 bridgehead atoms. The van der Waals surface area contributed by atoms with Gasteiger partial charge in [-0.05, 0) is 30.2 Å². The van der Waals surface area contributed by atoms with Crippen molar-refractivity contribution in [1.82, 2.24) is 9.97 Å². The molecule has 35 heavy (non-hydrogen) atoms. The summed E-state index contributed by atoms with van der Waals surface area (Å²) >= 11 is 0. The summed E-state index contributed by atoms with van der Waals surface area (Å²) < 4.78 is 0. The largest absolute Gasteiger partial charge is 0.302 e. The van der Waals surface area contributed by atoms with Crippen LogP contribution in [0.2, 0.25) is 0 Å². The molecule has 1 aromatic heterocycles. The van der Waals surface area contributed by atoms with Gasteiger partial charge < -0.3 is 9.80 Å². The monoisotopic (exact) mass is 472 g/mol. The fourth-order valence-electron chi connectivity index (χ4n) is 5.25. The van der Waals surface area contributed by atoms with E-state index < -0.39 is 0 Å². The Morgan fingerprint density at radius 2 is 1.46 bits per heavy atom. The molecule has 4 heteroatoms. The van der Waals surface area contributed by atoms with Crippen LogP contribution in [0, 0.1) is 5.92 Å². The number of rotatable bonds is 2. The molecule has 0 amide bonds. The van der Waals surface area contributed by atoms with Crippen molar-refractivity contribution in [1.29, 1.82) is 0 Å². The molecule has 3 aromatic rings. The van der Waals surface area contributed by atoms with E-state index in [4.69, 9.17) is 9.97 Å². The van der Waals surface area contributed by atoms with Gasteiger partial charge in [0.15, 0.2) is 11.6 Å². The normalized spacial score (nSPS) is 22.1. The molecule has 2 aromatic carbocycles. The summed E-state index contributed by atoms with van der Waals surface area (Å²) in [5.41, 5.74) is 4.86. The van der Waals surface area contributed by atoms with Crippen molar-refractivity contribution in [3.05, 3.63) is 72.1 Å². The van der Waals surface area contributed by atoms with Crippen LogP contribution >= 0.6 is 0 Å². The van der Waals surface area contributed by atoms with E-state index in [2.05, 4.69) is 106 Å². The minimum atomic E-state index is -0.0606. The molecule has 4 nitrogen and oxygen atoms in total. The lowest BCUT2D eigenvalue weighted by Crippen LogP contribution is -2.54. The van der Waals surface area contributed by atoms with Gasteiger partial charge in [-0.2, -0.15) is 0 Å². The molecule has 5 rings (SSSR count). The zero-order valence-electron chi connectivity index (χ0n) is 23.4. The Kier molecular flexibility index (Phi) is 7.93. The third-order valence-corrected chi connectivity index (χ3v) is 7.49. The van der Waals surface area contributed by atoms with Crippen LogP contribution in [0.3, 0.4) is 0 Å². The van der Waals surface area contributed by atoms with Crippen LogP contribution in [0.25, 0.3) is 0 Å². The summed E-state index contributed by atoms with van der Waals surface area (Å²) in [6.45, 7) is 21.7. The number of fused-ring (bicyclic) bond motifs is 5. The van der Waals surface area contributed by atoms with Gasteiger partial charge >= 0.3 is 0 Å². The second kappa shape index (κ2) is 10.4. The highest BCUT2D eigenvalue weighted by atomic mass is 15.5. The topological polar surface area (TPSA) is 32.3 Å². The summed E-state index contributed by atoms with van der Waals surface area (Å²) in [5.74, 6) is 2.30. The number of hydrogen-bond donors (Lipinski definition) is 0. The van der Waals surface area contributed by atoms with Gasteiger partial charge in [0, 0.05) is 28.1 Å². The molecule has 3 heterocycles. The zero-order valence-corrected chi connectivity index (χ0v) is 23.4. The lowest BCUT2D eigenvalue weighted by atomic mass is 9.66. The van der Waals surface area contributed by atoms with E-state index in [0.717, 1.165) is 23.8 Å². The van der Waals surface area contributed by atoms with Gasteiger partial charge in [-0.1, -0.05) is 106 Å². The maximum absolute atomic E-state index is 5.21. The molecule has 3 unspecified atom stereocenters. The smallest absolute Gasteiger partial charge is 0.178 e. The quantitative estimate of drug-likeness (QED) is 0.373. The number of nitrogens with zero attached hydrogens (tertiary/aromatic N) is 4. The number of hydrogen-bond acceptors (Lipinski definition) is 4. The minimum absolute atomic E-state index is 0.0606. The first kappa shape index (κ1) is 26.7. The summed E-state index contributed by atoms with van der Waals surface area (Å²) in [6, 6.07) is 19.5. The minimum Gasteiger partial charge on any atom is -0.302 e. The zero-order chi connectivity index (χ0) is 26.0. The third kappa shape index (κ3) is 4.32. The Morgan fingerprint density at radius 1 is 0.857 bits per heavy atom. The average Bonchev–Trinajstić information content (AvgIpc) is 3.24. The summed E-state index contributed by atoms with van der Waals surface area (Å²) in [6.07, 6.45) is 3.18. The average molecular weight is 473 g/mol. The number of anilines is 4. The van der Waals surface area contributed by atoms with Gasteiger partial charge in [0.1, 0.15) is 6.17 Å². The van der Waals surface area contributed by atoms with E-state index in [9.17, 15) is 0 Å². The van der Waals surface area contributed by atoms with Crippen molar-refractivity contribution in [2.24, 2.45) is 5.92 Å². The van der Waals surface area contributed by atoms with Gasteiger partial charge in [-0.15, -0.1) is 0 Å². The highest BCUT2D eigenvalue weighted by Gasteiger charge is 2.53. The van der Waals surface area contributed by atoms with Gasteiger partial charge in [0.25, 0.3) is 0 Å². The third-order valence-electron chi connectivity index (χ3n) is 7.49. The summed E-state index contributed by atoms with van der Waals surface area (Å²) in [5, 5.41) is 0. The molecular weight excluding hydrogens is 428 g/mol. The molecule has 0 radical (unpaired) electrons. The first-order valence-electron chi connectivity index (χ1n) is 13.4. The van der Waals surface area contributed by atoms with Gasteiger partial charge in [-0.3, -0.25) is 0 Å². The molecule has 3 atom stereocenters. The Morgan fingerprint density at radius 3 is 2.06 bits per heavy atom. The molecule has 0 saturated heterocycles. The first-order valence-corrected chi connectivity index (χ1v) is 13.4. The predicted molar refractivity (Wildman–Crippen MR) is 151 cm³/mol. The fourth-order valence-corrected chi connectivity index (χ4v) is 5.25. The first-order chi connectivity index (χ1) is 16.8. The molecule has 2 aliphatic heterocycles. The SMILES string of the molecule is CC.CC.CCC1(C)c2ccccc2N2c3ncc(C(C)(C)C)nc3N(c3ccccc3)C2C1C. The van der Waals surface area contributed by atoms with E-state index in [0.29, 0.717) is 5.92 Å². The number of aromatic nitrogens is 2. The maximum atomic E-state index is 5.21. The van der Waals surface area contributed by atoms with Crippen LogP contribution in [-0.4, -0.2) is 16.1 Å². The van der Waals surface area contributed by atoms with Crippen molar-refractivity contribution >= 4 is 23.0 Å². The fraction of sp³-hybridized carbons (Fsp3) is 0.484. The molecule has 0 saturated carbocycles. The van der Waals surface area contributed by atoms with Gasteiger partial charge in [-0.25, -0.2) is 9.97 Å². The van der Waals surface area contributed by atoms with E-state index in [-0.39, 0.29) is 17.0 Å². The van der Waals surface area contributed by atoms with E-state index in [1.165, 1.54) is 16.9 Å². The van der Waals surface area contributed by atoms with Crippen LogP contribution < -0.4 is 9.80 Å². The van der Waals surface area contributed by atoms with E-state index in [1.54, 1.807) is 0 Å². The second-order valence-electron chi connectivity index (χ2n) is 10.2. The lowest BCUT2D eigenvalue weighted by Gasteiger charge is -2.50.